The van der Waals surface area contributed by atoms with Gasteiger partial charge in [-0.25, -0.2) is 0 Å². The number of carbonyl (C=O) groups is 1. The molecule has 0 spiro atoms. The van der Waals surface area contributed by atoms with E-state index in [1.165, 1.54) is 6.92 Å². The summed E-state index contributed by atoms with van der Waals surface area (Å²) in [6, 6.07) is 8.53. The van der Waals surface area contributed by atoms with Gasteiger partial charge in [0.1, 0.15) is 5.75 Å². The van der Waals surface area contributed by atoms with E-state index in [4.69, 9.17) is 10.00 Å². The molecule has 0 heterocycles. The first-order valence-corrected chi connectivity index (χ1v) is 3.98. The van der Waals surface area contributed by atoms with Crippen molar-refractivity contribution in [1.29, 1.82) is 5.26 Å². The van der Waals surface area contributed by atoms with Crippen LogP contribution < -0.4 is 4.74 Å². The van der Waals surface area contributed by atoms with Crippen LogP contribution in [0.25, 0.3) is 0 Å². The lowest BCUT2D eigenvalue weighted by atomic mass is 10.2. The van der Waals surface area contributed by atoms with Gasteiger partial charge in [0, 0.05) is 6.92 Å². The maximum absolute atomic E-state index is 10.4. The lowest BCUT2D eigenvalue weighted by molar-refractivity contribution is -0.147. The van der Waals surface area contributed by atoms with Crippen molar-refractivity contribution in [2.24, 2.45) is 0 Å². The summed E-state index contributed by atoms with van der Waals surface area (Å²) in [5, 5.41) is 8.52. The highest BCUT2D eigenvalue weighted by molar-refractivity contribution is 5.65. The molecular weight excluding hydrogens is 182 g/mol. The van der Waals surface area contributed by atoms with Crippen molar-refractivity contribution in [3.05, 3.63) is 29.8 Å². The highest BCUT2D eigenvalue weighted by Crippen LogP contribution is 2.11. The van der Waals surface area contributed by atoms with Crippen LogP contribution in [-0.2, 0) is 9.53 Å². The first kappa shape index (κ1) is 10.1. The van der Waals surface area contributed by atoms with Gasteiger partial charge in [0.05, 0.1) is 11.6 Å². The van der Waals surface area contributed by atoms with Crippen LogP contribution in [0.4, 0.5) is 0 Å². The normalized spacial score (nSPS) is 8.86. The maximum atomic E-state index is 10.4. The molecule has 0 amide bonds. The predicted molar refractivity (Wildman–Crippen MR) is 48.4 cm³/mol. The average molecular weight is 191 g/mol. The summed E-state index contributed by atoms with van der Waals surface area (Å²) < 4.78 is 9.64. The van der Waals surface area contributed by atoms with Crippen molar-refractivity contribution in [2.75, 3.05) is 6.79 Å². The summed E-state index contributed by atoms with van der Waals surface area (Å²) in [4.78, 5) is 10.4. The standard InChI is InChI=1S/C10H9NO3/c1-8(12)13-7-14-10-4-2-9(6-11)3-5-10/h2-5H,7H2,1H3. The van der Waals surface area contributed by atoms with Crippen LogP contribution in [-0.4, -0.2) is 12.8 Å². The molecule has 0 fully saturated rings. The van der Waals surface area contributed by atoms with Gasteiger partial charge in [0.2, 0.25) is 6.79 Å². The molecule has 0 aliphatic carbocycles. The molecule has 4 heteroatoms. The van der Waals surface area contributed by atoms with E-state index in [0.717, 1.165) is 0 Å². The number of benzene rings is 1. The monoisotopic (exact) mass is 191 g/mol. The minimum Gasteiger partial charge on any atom is -0.457 e. The molecule has 0 bridgehead atoms. The number of ether oxygens (including phenoxy) is 2. The second-order valence-electron chi connectivity index (χ2n) is 2.53. The summed E-state index contributed by atoms with van der Waals surface area (Å²) in [6.45, 7) is 1.20. The predicted octanol–water partition coefficient (Wildman–Crippen LogP) is 1.46. The Balaban J connectivity index is 2.45. The zero-order chi connectivity index (χ0) is 10.4. The highest BCUT2D eigenvalue weighted by Gasteiger charge is 1.95. The van der Waals surface area contributed by atoms with Gasteiger partial charge in [0.25, 0.3) is 0 Å². The Kier molecular flexibility index (Phi) is 3.50. The second-order valence-corrected chi connectivity index (χ2v) is 2.53. The van der Waals surface area contributed by atoms with Gasteiger partial charge in [-0.15, -0.1) is 0 Å². The van der Waals surface area contributed by atoms with E-state index in [0.29, 0.717) is 11.3 Å². The van der Waals surface area contributed by atoms with Crippen molar-refractivity contribution in [3.8, 4) is 11.8 Å². The zero-order valence-electron chi connectivity index (χ0n) is 7.69. The Morgan fingerprint density at radius 1 is 1.43 bits per heavy atom. The number of hydrogen-bond acceptors (Lipinski definition) is 4. The summed E-state index contributed by atoms with van der Waals surface area (Å²) in [5.41, 5.74) is 0.560. The fraction of sp³-hybridized carbons (Fsp3) is 0.200. The summed E-state index contributed by atoms with van der Waals surface area (Å²) in [6.07, 6.45) is 0. The van der Waals surface area contributed by atoms with Gasteiger partial charge in [-0.05, 0) is 24.3 Å². The quantitative estimate of drug-likeness (QED) is 0.536. The van der Waals surface area contributed by atoms with Gasteiger partial charge in [-0.3, -0.25) is 4.79 Å². The van der Waals surface area contributed by atoms with Crippen LogP contribution in [0.15, 0.2) is 24.3 Å². The van der Waals surface area contributed by atoms with E-state index in [2.05, 4.69) is 4.74 Å². The van der Waals surface area contributed by atoms with Crippen LogP contribution in [0.2, 0.25) is 0 Å². The van der Waals surface area contributed by atoms with E-state index in [1.54, 1.807) is 24.3 Å². The summed E-state index contributed by atoms with van der Waals surface area (Å²) >= 11 is 0. The Labute approximate surface area is 81.7 Å². The third kappa shape index (κ3) is 3.15. The first-order chi connectivity index (χ1) is 6.72. The molecule has 0 saturated heterocycles. The third-order valence-corrected chi connectivity index (χ3v) is 1.47. The molecule has 0 aromatic heterocycles. The molecule has 0 aliphatic rings. The topological polar surface area (TPSA) is 59.3 Å². The Morgan fingerprint density at radius 2 is 2.07 bits per heavy atom. The van der Waals surface area contributed by atoms with Gasteiger partial charge in [-0.1, -0.05) is 0 Å². The number of hydrogen-bond donors (Lipinski definition) is 0. The molecule has 0 atom stereocenters. The second kappa shape index (κ2) is 4.87. The van der Waals surface area contributed by atoms with Crippen LogP contribution in [0.1, 0.15) is 12.5 Å². The van der Waals surface area contributed by atoms with Crippen LogP contribution in [0, 0.1) is 11.3 Å². The number of rotatable bonds is 3. The molecule has 14 heavy (non-hydrogen) atoms. The fourth-order valence-electron chi connectivity index (χ4n) is 0.806. The molecule has 0 N–H and O–H groups in total. The minimum absolute atomic E-state index is 0.110. The molecular formula is C10H9NO3. The molecule has 0 saturated carbocycles. The average Bonchev–Trinajstić information content (AvgIpc) is 2.18. The largest absolute Gasteiger partial charge is 0.457 e. The van der Waals surface area contributed by atoms with Crippen molar-refractivity contribution < 1.29 is 14.3 Å². The van der Waals surface area contributed by atoms with Gasteiger partial charge < -0.3 is 9.47 Å². The summed E-state index contributed by atoms with van der Waals surface area (Å²) in [5.74, 6) is 0.170. The lowest BCUT2D eigenvalue weighted by Crippen LogP contribution is -2.06. The molecule has 72 valence electrons. The number of carbonyl (C=O) groups excluding carboxylic acids is 1. The molecule has 1 aromatic carbocycles. The van der Waals surface area contributed by atoms with Crippen molar-refractivity contribution >= 4 is 5.97 Å². The fourth-order valence-corrected chi connectivity index (χ4v) is 0.806. The first-order valence-electron chi connectivity index (χ1n) is 3.98. The number of nitrogens with zero attached hydrogens (tertiary/aromatic N) is 1. The number of nitriles is 1. The van der Waals surface area contributed by atoms with Gasteiger partial charge in [-0.2, -0.15) is 5.26 Å². The Hall–Kier alpha value is -2.02. The zero-order valence-corrected chi connectivity index (χ0v) is 7.69. The third-order valence-electron chi connectivity index (χ3n) is 1.47. The maximum Gasteiger partial charge on any atom is 0.305 e. The van der Waals surface area contributed by atoms with E-state index in [1.807, 2.05) is 6.07 Å². The smallest absolute Gasteiger partial charge is 0.305 e. The highest BCUT2D eigenvalue weighted by atomic mass is 16.7. The van der Waals surface area contributed by atoms with Crippen LogP contribution in [0.5, 0.6) is 5.75 Å². The van der Waals surface area contributed by atoms with Crippen LogP contribution >= 0.6 is 0 Å². The SMILES string of the molecule is CC(=O)OCOc1ccc(C#N)cc1. The van der Waals surface area contributed by atoms with Crippen molar-refractivity contribution in [1.82, 2.24) is 0 Å². The molecule has 0 unspecified atom stereocenters. The Bertz CT molecular complexity index is 351. The molecule has 4 nitrogen and oxygen atoms in total. The molecule has 1 rings (SSSR count). The lowest BCUT2D eigenvalue weighted by Gasteiger charge is -2.04. The van der Waals surface area contributed by atoms with E-state index in [9.17, 15) is 4.79 Å². The number of esters is 1. The molecule has 0 radical (unpaired) electrons. The van der Waals surface area contributed by atoms with Crippen molar-refractivity contribution in [2.45, 2.75) is 6.92 Å². The summed E-state index contributed by atoms with van der Waals surface area (Å²) in [7, 11) is 0. The van der Waals surface area contributed by atoms with Crippen molar-refractivity contribution in [3.63, 3.8) is 0 Å². The van der Waals surface area contributed by atoms with Gasteiger partial charge >= 0.3 is 5.97 Å². The molecule has 0 aliphatic heterocycles. The Morgan fingerprint density at radius 3 is 2.57 bits per heavy atom. The van der Waals surface area contributed by atoms with Gasteiger partial charge in [0.15, 0.2) is 0 Å². The van der Waals surface area contributed by atoms with Crippen LogP contribution in [0.3, 0.4) is 0 Å². The van der Waals surface area contributed by atoms with E-state index in [-0.39, 0.29) is 6.79 Å². The molecule has 1 aromatic rings. The van der Waals surface area contributed by atoms with E-state index >= 15 is 0 Å². The minimum atomic E-state index is -0.390. The van der Waals surface area contributed by atoms with E-state index < -0.39 is 5.97 Å².